The number of hydrogen-bond donors (Lipinski definition) is 2. The fourth-order valence-electron chi connectivity index (χ4n) is 1.88. The summed E-state index contributed by atoms with van der Waals surface area (Å²) in [7, 11) is 1.69. The van der Waals surface area contributed by atoms with Gasteiger partial charge < -0.3 is 15.0 Å². The van der Waals surface area contributed by atoms with Crippen molar-refractivity contribution in [1.82, 2.24) is 9.88 Å². The van der Waals surface area contributed by atoms with Gasteiger partial charge in [-0.1, -0.05) is 6.07 Å². The molecule has 90 valence electrons. The molecule has 1 unspecified atom stereocenters. The van der Waals surface area contributed by atoms with Crippen molar-refractivity contribution in [2.24, 2.45) is 0 Å². The lowest BCUT2D eigenvalue weighted by Gasteiger charge is -2.18. The van der Waals surface area contributed by atoms with Crippen molar-refractivity contribution in [2.75, 3.05) is 13.6 Å². The smallest absolute Gasteiger partial charge is 0.253 e. The van der Waals surface area contributed by atoms with E-state index in [0.717, 1.165) is 10.9 Å². The summed E-state index contributed by atoms with van der Waals surface area (Å²) in [5, 5.41) is 10.3. The van der Waals surface area contributed by atoms with Gasteiger partial charge in [-0.3, -0.25) is 4.79 Å². The Labute approximate surface area is 99.9 Å². The van der Waals surface area contributed by atoms with Crippen LogP contribution in [0.1, 0.15) is 17.3 Å². The lowest BCUT2D eigenvalue weighted by molar-refractivity contribution is 0.0704. The lowest BCUT2D eigenvalue weighted by atomic mass is 10.1. The van der Waals surface area contributed by atoms with E-state index in [0.29, 0.717) is 12.1 Å². The van der Waals surface area contributed by atoms with Crippen molar-refractivity contribution in [3.8, 4) is 0 Å². The van der Waals surface area contributed by atoms with Crippen LogP contribution in [-0.2, 0) is 0 Å². The maximum Gasteiger partial charge on any atom is 0.253 e. The van der Waals surface area contributed by atoms with Crippen molar-refractivity contribution < 1.29 is 9.90 Å². The molecular weight excluding hydrogens is 216 g/mol. The number of nitrogens with zero attached hydrogens (tertiary/aromatic N) is 1. The van der Waals surface area contributed by atoms with Crippen LogP contribution >= 0.6 is 0 Å². The summed E-state index contributed by atoms with van der Waals surface area (Å²) in [4.78, 5) is 16.6. The van der Waals surface area contributed by atoms with Crippen molar-refractivity contribution >= 4 is 16.8 Å². The Bertz CT molecular complexity index is 531. The third-order valence-corrected chi connectivity index (χ3v) is 2.69. The van der Waals surface area contributed by atoms with Gasteiger partial charge in [-0.2, -0.15) is 0 Å². The fourth-order valence-corrected chi connectivity index (χ4v) is 1.88. The van der Waals surface area contributed by atoms with Crippen LogP contribution in [0.15, 0.2) is 30.5 Å². The molecular formula is C13H16N2O2. The zero-order valence-electron chi connectivity index (χ0n) is 9.97. The molecule has 1 atom stereocenters. The third-order valence-electron chi connectivity index (χ3n) is 2.69. The average molecular weight is 232 g/mol. The number of aliphatic hydroxyl groups excluding tert-OH is 1. The van der Waals surface area contributed by atoms with Gasteiger partial charge in [-0.15, -0.1) is 0 Å². The first kappa shape index (κ1) is 11.7. The molecule has 1 aromatic carbocycles. The van der Waals surface area contributed by atoms with E-state index < -0.39 is 6.10 Å². The molecule has 0 aliphatic carbocycles. The zero-order chi connectivity index (χ0) is 12.4. The molecule has 17 heavy (non-hydrogen) atoms. The van der Waals surface area contributed by atoms with Crippen LogP contribution < -0.4 is 0 Å². The number of aromatic nitrogens is 1. The van der Waals surface area contributed by atoms with E-state index >= 15 is 0 Å². The molecule has 0 spiro atoms. The summed E-state index contributed by atoms with van der Waals surface area (Å²) in [5.41, 5.74) is 1.57. The Kier molecular flexibility index (Phi) is 3.15. The number of rotatable bonds is 3. The normalized spacial score (nSPS) is 12.6. The predicted octanol–water partition coefficient (Wildman–Crippen LogP) is 1.62. The van der Waals surface area contributed by atoms with E-state index in [1.165, 1.54) is 4.90 Å². The molecule has 0 saturated heterocycles. The Hall–Kier alpha value is -1.81. The van der Waals surface area contributed by atoms with Crippen LogP contribution in [0.4, 0.5) is 0 Å². The first-order valence-electron chi connectivity index (χ1n) is 5.58. The van der Waals surface area contributed by atoms with Crippen LogP contribution in [-0.4, -0.2) is 40.6 Å². The highest BCUT2D eigenvalue weighted by atomic mass is 16.3. The van der Waals surface area contributed by atoms with Gasteiger partial charge in [-0.05, 0) is 30.5 Å². The van der Waals surface area contributed by atoms with Gasteiger partial charge in [0.1, 0.15) is 0 Å². The molecule has 2 rings (SSSR count). The van der Waals surface area contributed by atoms with Gasteiger partial charge in [0.25, 0.3) is 5.91 Å². The van der Waals surface area contributed by atoms with E-state index in [1.54, 1.807) is 20.0 Å². The molecule has 1 aromatic heterocycles. The number of likely N-dealkylation sites (N-methyl/N-ethyl adjacent to an activating group) is 1. The van der Waals surface area contributed by atoms with Crippen LogP contribution in [0, 0.1) is 0 Å². The summed E-state index contributed by atoms with van der Waals surface area (Å²) < 4.78 is 0. The zero-order valence-corrected chi connectivity index (χ0v) is 9.97. The van der Waals surface area contributed by atoms with Gasteiger partial charge >= 0.3 is 0 Å². The number of carbonyl (C=O) groups is 1. The van der Waals surface area contributed by atoms with Crippen molar-refractivity contribution in [3.63, 3.8) is 0 Å². The first-order valence-corrected chi connectivity index (χ1v) is 5.58. The number of amides is 1. The van der Waals surface area contributed by atoms with Gasteiger partial charge in [0.15, 0.2) is 0 Å². The second-order valence-electron chi connectivity index (χ2n) is 4.31. The molecule has 4 nitrogen and oxygen atoms in total. The molecule has 0 bridgehead atoms. The number of H-pyrrole nitrogens is 1. The number of carbonyl (C=O) groups excluding carboxylic acids is 1. The molecule has 4 heteroatoms. The average Bonchev–Trinajstić information content (AvgIpc) is 2.73. The minimum Gasteiger partial charge on any atom is -0.392 e. The number of aliphatic hydroxyl groups is 1. The second-order valence-corrected chi connectivity index (χ2v) is 4.31. The SMILES string of the molecule is CC(O)CN(C)C(=O)c1ccc2cc[nH]c2c1. The summed E-state index contributed by atoms with van der Waals surface area (Å²) in [6.07, 6.45) is 1.33. The van der Waals surface area contributed by atoms with E-state index in [-0.39, 0.29) is 5.91 Å². The highest BCUT2D eigenvalue weighted by molar-refractivity contribution is 5.97. The molecule has 2 N–H and O–H groups in total. The topological polar surface area (TPSA) is 56.3 Å². The van der Waals surface area contributed by atoms with Crippen LogP contribution in [0.3, 0.4) is 0 Å². The second kappa shape index (κ2) is 4.59. The maximum atomic E-state index is 12.0. The van der Waals surface area contributed by atoms with Crippen LogP contribution in [0.5, 0.6) is 0 Å². The van der Waals surface area contributed by atoms with Crippen molar-refractivity contribution in [3.05, 3.63) is 36.0 Å². The number of fused-ring (bicyclic) bond motifs is 1. The van der Waals surface area contributed by atoms with E-state index in [2.05, 4.69) is 4.98 Å². The summed E-state index contributed by atoms with van der Waals surface area (Å²) >= 11 is 0. The maximum absolute atomic E-state index is 12.0. The van der Waals surface area contributed by atoms with Gasteiger partial charge in [0, 0.05) is 30.9 Å². The minimum atomic E-state index is -0.516. The summed E-state index contributed by atoms with van der Waals surface area (Å²) in [6, 6.07) is 7.51. The number of benzene rings is 1. The van der Waals surface area contributed by atoms with Crippen LogP contribution in [0.25, 0.3) is 10.9 Å². The molecule has 0 fully saturated rings. The monoisotopic (exact) mass is 232 g/mol. The lowest BCUT2D eigenvalue weighted by Crippen LogP contribution is -2.32. The third kappa shape index (κ3) is 2.47. The largest absolute Gasteiger partial charge is 0.392 e. The molecule has 0 aliphatic heterocycles. The quantitative estimate of drug-likeness (QED) is 0.845. The highest BCUT2D eigenvalue weighted by Gasteiger charge is 2.13. The first-order chi connectivity index (χ1) is 8.08. The van der Waals surface area contributed by atoms with E-state index in [9.17, 15) is 9.90 Å². The van der Waals surface area contributed by atoms with Gasteiger partial charge in [0.05, 0.1) is 6.10 Å². The molecule has 1 amide bonds. The number of hydrogen-bond acceptors (Lipinski definition) is 2. The Balaban J connectivity index is 2.23. The van der Waals surface area contributed by atoms with E-state index in [1.807, 2.05) is 24.4 Å². The molecule has 1 heterocycles. The predicted molar refractivity (Wildman–Crippen MR) is 66.9 cm³/mol. The molecule has 0 saturated carbocycles. The number of nitrogens with one attached hydrogen (secondary N) is 1. The Morgan fingerprint density at radius 2 is 2.24 bits per heavy atom. The van der Waals surface area contributed by atoms with Crippen molar-refractivity contribution in [1.29, 1.82) is 0 Å². The standard InChI is InChI=1S/C13H16N2O2/c1-9(16)8-15(2)13(17)11-4-3-10-5-6-14-12(10)7-11/h3-7,9,14,16H,8H2,1-2H3. The Morgan fingerprint density at radius 3 is 2.94 bits per heavy atom. The minimum absolute atomic E-state index is 0.0811. The molecule has 0 aliphatic rings. The summed E-state index contributed by atoms with van der Waals surface area (Å²) in [6.45, 7) is 2.00. The van der Waals surface area contributed by atoms with Gasteiger partial charge in [-0.25, -0.2) is 0 Å². The highest BCUT2D eigenvalue weighted by Crippen LogP contribution is 2.15. The van der Waals surface area contributed by atoms with Crippen molar-refractivity contribution in [2.45, 2.75) is 13.0 Å². The fraction of sp³-hybridized carbons (Fsp3) is 0.308. The summed E-state index contributed by atoms with van der Waals surface area (Å²) in [5.74, 6) is -0.0811. The molecule has 0 radical (unpaired) electrons. The number of aromatic amines is 1. The van der Waals surface area contributed by atoms with Gasteiger partial charge in [0.2, 0.25) is 0 Å². The van der Waals surface area contributed by atoms with E-state index in [4.69, 9.17) is 0 Å². The Morgan fingerprint density at radius 1 is 1.47 bits per heavy atom. The van der Waals surface area contributed by atoms with Crippen LogP contribution in [0.2, 0.25) is 0 Å². The molecule has 2 aromatic rings.